The van der Waals surface area contributed by atoms with E-state index in [4.69, 9.17) is 0 Å². The van der Waals surface area contributed by atoms with Crippen LogP contribution in [-0.2, 0) is 16.6 Å². The van der Waals surface area contributed by atoms with Crippen molar-refractivity contribution >= 4 is 21.4 Å². The zero-order valence-electron chi connectivity index (χ0n) is 12.1. The van der Waals surface area contributed by atoms with Crippen molar-refractivity contribution in [3.8, 4) is 0 Å². The molecule has 0 aromatic carbocycles. The van der Waals surface area contributed by atoms with E-state index in [-0.39, 0.29) is 0 Å². The Balaban J connectivity index is 2.88. The van der Waals surface area contributed by atoms with E-state index >= 15 is 0 Å². The van der Waals surface area contributed by atoms with E-state index in [0.29, 0.717) is 23.9 Å². The molecule has 1 heterocycles. The van der Waals surface area contributed by atoms with Gasteiger partial charge in [0.05, 0.1) is 0 Å². The van der Waals surface area contributed by atoms with E-state index < -0.39 is 10.0 Å². The molecule has 0 spiro atoms. The van der Waals surface area contributed by atoms with Crippen molar-refractivity contribution in [2.75, 3.05) is 13.1 Å². The molecule has 0 saturated heterocycles. The van der Waals surface area contributed by atoms with Gasteiger partial charge in [-0.05, 0) is 36.8 Å². The molecule has 0 atom stereocenters. The molecular weight excluding hydrogens is 280 g/mol. The van der Waals surface area contributed by atoms with Crippen LogP contribution in [-0.4, -0.2) is 21.5 Å². The summed E-state index contributed by atoms with van der Waals surface area (Å²) in [6.45, 7) is 9.91. The van der Waals surface area contributed by atoms with Crippen molar-refractivity contribution in [3.63, 3.8) is 0 Å². The van der Waals surface area contributed by atoms with Gasteiger partial charge in [-0.1, -0.05) is 20.8 Å². The van der Waals surface area contributed by atoms with Crippen LogP contribution < -0.4 is 10.0 Å². The maximum Gasteiger partial charge on any atom is 0.241 e. The molecule has 2 N–H and O–H groups in total. The average molecular weight is 304 g/mol. The number of thiophene rings is 1. The number of rotatable bonds is 8. The standard InChI is InChI=1S/C13H24N2O2S2/c1-5-6-14-8-12-13(11(4)9-18-12)19(16,17)15-7-10(2)3/h9-10,14-15H,5-8H2,1-4H3. The van der Waals surface area contributed by atoms with E-state index in [2.05, 4.69) is 17.0 Å². The van der Waals surface area contributed by atoms with Gasteiger partial charge in [0.15, 0.2) is 0 Å². The lowest BCUT2D eigenvalue weighted by molar-refractivity contribution is 0.558. The predicted octanol–water partition coefficient (Wildman–Crippen LogP) is 2.49. The summed E-state index contributed by atoms with van der Waals surface area (Å²) in [4.78, 5) is 1.35. The van der Waals surface area contributed by atoms with Crippen molar-refractivity contribution in [1.82, 2.24) is 10.0 Å². The monoisotopic (exact) mass is 304 g/mol. The lowest BCUT2D eigenvalue weighted by Crippen LogP contribution is -2.29. The Morgan fingerprint density at radius 1 is 1.37 bits per heavy atom. The zero-order valence-corrected chi connectivity index (χ0v) is 13.7. The fourth-order valence-electron chi connectivity index (χ4n) is 1.70. The van der Waals surface area contributed by atoms with Gasteiger partial charge in [0.25, 0.3) is 0 Å². The average Bonchev–Trinajstić information content (AvgIpc) is 2.69. The van der Waals surface area contributed by atoms with E-state index in [1.165, 1.54) is 11.3 Å². The van der Waals surface area contributed by atoms with Crippen LogP contribution in [0.3, 0.4) is 0 Å². The first-order valence-electron chi connectivity index (χ1n) is 6.65. The van der Waals surface area contributed by atoms with Gasteiger partial charge >= 0.3 is 0 Å². The highest BCUT2D eigenvalue weighted by atomic mass is 32.2. The SMILES string of the molecule is CCCNCc1scc(C)c1S(=O)(=O)NCC(C)C. The lowest BCUT2D eigenvalue weighted by atomic mass is 10.2. The zero-order chi connectivity index (χ0) is 14.5. The number of nitrogens with one attached hydrogen (secondary N) is 2. The topological polar surface area (TPSA) is 58.2 Å². The van der Waals surface area contributed by atoms with Crippen molar-refractivity contribution < 1.29 is 8.42 Å². The van der Waals surface area contributed by atoms with Crippen LogP contribution in [0.15, 0.2) is 10.3 Å². The number of hydrogen-bond donors (Lipinski definition) is 2. The van der Waals surface area contributed by atoms with Gasteiger partial charge in [0.2, 0.25) is 10.0 Å². The third kappa shape index (κ3) is 4.87. The third-order valence-corrected chi connectivity index (χ3v) is 5.54. The van der Waals surface area contributed by atoms with E-state index in [0.717, 1.165) is 23.4 Å². The second-order valence-electron chi connectivity index (χ2n) is 5.09. The molecule has 4 nitrogen and oxygen atoms in total. The molecule has 0 aliphatic heterocycles. The van der Waals surface area contributed by atoms with Gasteiger partial charge in [0.1, 0.15) is 4.90 Å². The first kappa shape index (κ1) is 16.6. The molecular formula is C13H24N2O2S2. The Bertz CT molecular complexity index is 493. The Labute approximate surface area is 120 Å². The largest absolute Gasteiger partial charge is 0.312 e. The molecule has 0 saturated carbocycles. The summed E-state index contributed by atoms with van der Waals surface area (Å²) in [5.74, 6) is 0.301. The maximum atomic E-state index is 12.3. The van der Waals surface area contributed by atoms with Crippen LogP contribution in [0.25, 0.3) is 0 Å². The minimum atomic E-state index is -3.39. The number of aryl methyl sites for hydroxylation is 1. The van der Waals surface area contributed by atoms with Gasteiger partial charge in [0, 0.05) is 18.0 Å². The normalized spacial score (nSPS) is 12.3. The van der Waals surface area contributed by atoms with Gasteiger partial charge in [-0.15, -0.1) is 11.3 Å². The Morgan fingerprint density at radius 2 is 2.05 bits per heavy atom. The minimum Gasteiger partial charge on any atom is -0.312 e. The molecule has 6 heteroatoms. The van der Waals surface area contributed by atoms with Gasteiger partial charge < -0.3 is 5.32 Å². The van der Waals surface area contributed by atoms with Crippen molar-refractivity contribution in [2.45, 2.75) is 45.6 Å². The molecule has 0 radical (unpaired) electrons. The van der Waals surface area contributed by atoms with Crippen LogP contribution in [0.1, 0.15) is 37.6 Å². The summed E-state index contributed by atoms with van der Waals surface area (Å²) in [6, 6.07) is 0. The minimum absolute atomic E-state index is 0.301. The summed E-state index contributed by atoms with van der Waals surface area (Å²) in [5, 5.41) is 5.17. The Kier molecular flexibility index (Phi) is 6.46. The predicted molar refractivity (Wildman–Crippen MR) is 81.1 cm³/mol. The van der Waals surface area contributed by atoms with Crippen molar-refractivity contribution in [1.29, 1.82) is 0 Å². The van der Waals surface area contributed by atoms with Crippen molar-refractivity contribution in [2.24, 2.45) is 5.92 Å². The molecule has 0 unspecified atom stereocenters. The molecule has 0 bridgehead atoms. The van der Waals surface area contributed by atoms with Crippen LogP contribution in [0, 0.1) is 12.8 Å². The van der Waals surface area contributed by atoms with Crippen LogP contribution >= 0.6 is 11.3 Å². The fraction of sp³-hybridized carbons (Fsp3) is 0.692. The molecule has 0 fully saturated rings. The highest BCUT2D eigenvalue weighted by Gasteiger charge is 2.22. The molecule has 1 aromatic heterocycles. The first-order valence-corrected chi connectivity index (χ1v) is 9.02. The Hall–Kier alpha value is -0.430. The number of sulfonamides is 1. The Morgan fingerprint density at radius 3 is 2.63 bits per heavy atom. The van der Waals surface area contributed by atoms with E-state index in [9.17, 15) is 8.42 Å². The van der Waals surface area contributed by atoms with E-state index in [1.54, 1.807) is 0 Å². The molecule has 0 aliphatic rings. The van der Waals surface area contributed by atoms with Crippen LogP contribution in [0.4, 0.5) is 0 Å². The van der Waals surface area contributed by atoms with E-state index in [1.807, 2.05) is 26.2 Å². The maximum absolute atomic E-state index is 12.3. The second kappa shape index (κ2) is 7.38. The van der Waals surface area contributed by atoms with Gasteiger partial charge in [-0.2, -0.15) is 0 Å². The molecule has 19 heavy (non-hydrogen) atoms. The van der Waals surface area contributed by atoms with Gasteiger partial charge in [-0.3, -0.25) is 0 Å². The fourth-order valence-corrected chi connectivity index (χ4v) is 4.69. The first-order chi connectivity index (χ1) is 8.88. The summed E-state index contributed by atoms with van der Waals surface area (Å²) >= 11 is 1.51. The third-order valence-electron chi connectivity index (χ3n) is 2.65. The molecule has 1 rings (SSSR count). The smallest absolute Gasteiger partial charge is 0.241 e. The lowest BCUT2D eigenvalue weighted by Gasteiger charge is -2.11. The highest BCUT2D eigenvalue weighted by Crippen LogP contribution is 2.26. The molecule has 110 valence electrons. The van der Waals surface area contributed by atoms with Crippen LogP contribution in [0.5, 0.6) is 0 Å². The van der Waals surface area contributed by atoms with Crippen molar-refractivity contribution in [3.05, 3.63) is 15.8 Å². The molecule has 0 amide bonds. The molecule has 1 aromatic rings. The quantitative estimate of drug-likeness (QED) is 0.726. The summed E-state index contributed by atoms with van der Waals surface area (Å²) in [6.07, 6.45) is 1.04. The van der Waals surface area contributed by atoms with Crippen LogP contribution in [0.2, 0.25) is 0 Å². The second-order valence-corrected chi connectivity index (χ2v) is 7.76. The van der Waals surface area contributed by atoms with Gasteiger partial charge in [-0.25, -0.2) is 13.1 Å². The summed E-state index contributed by atoms with van der Waals surface area (Å²) in [5.41, 5.74) is 0.828. The number of hydrogen-bond acceptors (Lipinski definition) is 4. The molecule has 0 aliphatic carbocycles. The summed E-state index contributed by atoms with van der Waals surface area (Å²) in [7, 11) is -3.39. The highest BCUT2D eigenvalue weighted by molar-refractivity contribution is 7.89. The summed E-state index contributed by atoms with van der Waals surface area (Å²) < 4.78 is 27.4.